The van der Waals surface area contributed by atoms with Gasteiger partial charge in [-0.3, -0.25) is 24.0 Å². The summed E-state index contributed by atoms with van der Waals surface area (Å²) in [6, 6.07) is -3.83. The standard InChI is InChI=1S/C23H38N7O5/c1-13(2)7-18(22(34)28-15(11-31)5-6-20(25)32)30-23(35)19(8-14(3)4)29-21(33)17(24)9-16-10-26-12-27-16/h10,12-15,17-19H,5-9,24H2,1-4H3,(H2,25,32)(H,26,27)(H,28,34)(H,29,33)(H,30,35)/t15-,17-,18-,19-/m0/s1. The van der Waals surface area contributed by atoms with Crippen LogP contribution in [0, 0.1) is 11.8 Å². The largest absolute Gasteiger partial charge is 0.370 e. The average Bonchev–Trinajstić information content (AvgIpc) is 3.27. The van der Waals surface area contributed by atoms with E-state index < -0.39 is 47.8 Å². The van der Waals surface area contributed by atoms with Gasteiger partial charge in [-0.15, -0.1) is 0 Å². The topological polar surface area (TPSA) is 202 Å². The Kier molecular flexibility index (Phi) is 12.6. The van der Waals surface area contributed by atoms with Crippen LogP contribution in [0.2, 0.25) is 0 Å². The number of aromatic amines is 1. The summed E-state index contributed by atoms with van der Waals surface area (Å²) in [5, 5.41) is 7.87. The van der Waals surface area contributed by atoms with Crippen LogP contribution in [0.5, 0.6) is 0 Å². The fourth-order valence-electron chi connectivity index (χ4n) is 3.40. The molecule has 1 rings (SSSR count). The van der Waals surface area contributed by atoms with Gasteiger partial charge in [-0.2, -0.15) is 0 Å². The molecule has 12 heteroatoms. The highest BCUT2D eigenvalue weighted by molar-refractivity contribution is 5.93. The van der Waals surface area contributed by atoms with Gasteiger partial charge in [0.25, 0.3) is 0 Å². The zero-order valence-corrected chi connectivity index (χ0v) is 20.8. The molecule has 0 saturated heterocycles. The zero-order valence-electron chi connectivity index (χ0n) is 20.8. The number of carbonyl (C=O) groups excluding carboxylic acids is 5. The summed E-state index contributed by atoms with van der Waals surface area (Å²) in [6.45, 7) is 7.56. The molecule has 0 aromatic carbocycles. The number of imidazole rings is 1. The van der Waals surface area contributed by atoms with E-state index >= 15 is 0 Å². The minimum absolute atomic E-state index is 0.00678. The number of hydrogen-bond donors (Lipinski definition) is 6. The molecule has 195 valence electrons. The molecule has 4 amide bonds. The predicted molar refractivity (Wildman–Crippen MR) is 129 cm³/mol. The number of H-pyrrole nitrogens is 1. The van der Waals surface area contributed by atoms with E-state index in [2.05, 4.69) is 25.9 Å². The van der Waals surface area contributed by atoms with Crippen molar-refractivity contribution in [2.24, 2.45) is 23.3 Å². The lowest BCUT2D eigenvalue weighted by Gasteiger charge is -2.26. The molecule has 0 fully saturated rings. The molecule has 0 aliphatic rings. The first kappa shape index (κ1) is 29.8. The maximum absolute atomic E-state index is 13.1. The molecule has 4 atom stereocenters. The highest BCUT2D eigenvalue weighted by Crippen LogP contribution is 2.10. The first-order chi connectivity index (χ1) is 16.4. The van der Waals surface area contributed by atoms with Crippen LogP contribution >= 0.6 is 0 Å². The van der Waals surface area contributed by atoms with Crippen LogP contribution in [0.3, 0.4) is 0 Å². The molecule has 0 bridgehead atoms. The van der Waals surface area contributed by atoms with Crippen molar-refractivity contribution < 1.29 is 24.0 Å². The highest BCUT2D eigenvalue weighted by atomic mass is 16.2. The monoisotopic (exact) mass is 492 g/mol. The van der Waals surface area contributed by atoms with Gasteiger partial charge in [-0.05, 0) is 31.1 Å². The number of nitrogens with zero attached hydrogens (tertiary/aromatic N) is 1. The fraction of sp³-hybridized carbons (Fsp3) is 0.652. The number of aromatic nitrogens is 2. The molecule has 0 aliphatic carbocycles. The second kappa shape index (κ2) is 14.9. The van der Waals surface area contributed by atoms with Gasteiger partial charge < -0.3 is 32.4 Å². The first-order valence-electron chi connectivity index (χ1n) is 11.7. The van der Waals surface area contributed by atoms with E-state index in [1.807, 2.05) is 27.7 Å². The van der Waals surface area contributed by atoms with Gasteiger partial charge in [0.2, 0.25) is 29.9 Å². The van der Waals surface area contributed by atoms with Crippen LogP contribution in [0.25, 0.3) is 0 Å². The Hall–Kier alpha value is -3.28. The lowest BCUT2D eigenvalue weighted by molar-refractivity contribution is -0.133. The van der Waals surface area contributed by atoms with Gasteiger partial charge in [-0.25, -0.2) is 4.98 Å². The number of rotatable bonds is 16. The van der Waals surface area contributed by atoms with E-state index in [1.54, 1.807) is 12.5 Å². The van der Waals surface area contributed by atoms with E-state index in [1.165, 1.54) is 6.33 Å². The predicted octanol–water partition coefficient (Wildman–Crippen LogP) is -0.799. The third-order valence-electron chi connectivity index (χ3n) is 5.14. The lowest BCUT2D eigenvalue weighted by atomic mass is 9.99. The summed E-state index contributed by atoms with van der Waals surface area (Å²) < 4.78 is 0. The molecule has 1 aromatic heterocycles. The van der Waals surface area contributed by atoms with Gasteiger partial charge in [0.05, 0.1) is 24.1 Å². The summed E-state index contributed by atoms with van der Waals surface area (Å²) in [4.78, 5) is 67.7. The van der Waals surface area contributed by atoms with E-state index in [0.717, 1.165) is 0 Å². The number of hydrogen-bond acceptors (Lipinski definition) is 7. The molecule has 1 heterocycles. The maximum atomic E-state index is 13.1. The maximum Gasteiger partial charge on any atom is 0.243 e. The third kappa shape index (κ3) is 11.6. The molecule has 0 unspecified atom stereocenters. The molecule has 8 N–H and O–H groups in total. The third-order valence-corrected chi connectivity index (χ3v) is 5.14. The molecule has 1 radical (unpaired) electrons. The number of nitrogens with one attached hydrogen (secondary N) is 4. The van der Waals surface area contributed by atoms with Crippen LogP contribution in [-0.4, -0.2) is 64.1 Å². The second-order valence-electron chi connectivity index (χ2n) is 9.44. The van der Waals surface area contributed by atoms with Crippen LogP contribution in [-0.2, 0) is 30.4 Å². The van der Waals surface area contributed by atoms with Gasteiger partial charge >= 0.3 is 0 Å². The van der Waals surface area contributed by atoms with Crippen LogP contribution < -0.4 is 27.4 Å². The lowest BCUT2D eigenvalue weighted by Crippen LogP contribution is -2.57. The molecule has 35 heavy (non-hydrogen) atoms. The van der Waals surface area contributed by atoms with Gasteiger partial charge in [0, 0.05) is 19.0 Å². The van der Waals surface area contributed by atoms with Crippen molar-refractivity contribution >= 4 is 29.9 Å². The van der Waals surface area contributed by atoms with Crippen molar-refractivity contribution in [1.29, 1.82) is 0 Å². The summed E-state index contributed by atoms with van der Waals surface area (Å²) >= 11 is 0. The van der Waals surface area contributed by atoms with Gasteiger partial charge in [0.1, 0.15) is 12.1 Å². The Balaban J connectivity index is 2.89. The summed E-state index contributed by atoms with van der Waals surface area (Å²) in [6.07, 6.45) is 5.51. The minimum atomic E-state index is -1.03. The Bertz CT molecular complexity index is 841. The van der Waals surface area contributed by atoms with Gasteiger partial charge in [-0.1, -0.05) is 27.7 Å². The Labute approximate surface area is 205 Å². The van der Waals surface area contributed by atoms with Crippen molar-refractivity contribution in [1.82, 2.24) is 25.9 Å². The van der Waals surface area contributed by atoms with Crippen molar-refractivity contribution in [3.63, 3.8) is 0 Å². The highest BCUT2D eigenvalue weighted by Gasteiger charge is 2.30. The van der Waals surface area contributed by atoms with Crippen molar-refractivity contribution in [2.45, 2.75) is 84.0 Å². The Morgan fingerprint density at radius 1 is 0.971 bits per heavy atom. The first-order valence-corrected chi connectivity index (χ1v) is 11.7. The van der Waals surface area contributed by atoms with E-state index in [9.17, 15) is 24.0 Å². The minimum Gasteiger partial charge on any atom is -0.370 e. The quantitative estimate of drug-likeness (QED) is 0.173. The normalized spacial score (nSPS) is 14.6. The Morgan fingerprint density at radius 3 is 1.97 bits per heavy atom. The molecule has 0 spiro atoms. The van der Waals surface area contributed by atoms with E-state index in [4.69, 9.17) is 11.5 Å². The van der Waals surface area contributed by atoms with Crippen molar-refractivity contribution in [3.8, 4) is 0 Å². The molecular formula is C23H38N7O5. The SMILES string of the molecule is CC(C)C[C@H](NC(=O)[C@H](CC(C)C)NC(=O)[C@@H](N)Cc1c[nH]cn1)C(=O)N[C@H]([C]=O)CCC(N)=O. The number of primary amides is 1. The summed E-state index contributed by atoms with van der Waals surface area (Å²) in [5.41, 5.74) is 11.7. The van der Waals surface area contributed by atoms with Crippen LogP contribution in [0.4, 0.5) is 0 Å². The molecule has 0 aliphatic heterocycles. The Morgan fingerprint density at radius 2 is 1.51 bits per heavy atom. The van der Waals surface area contributed by atoms with Gasteiger partial charge in [0.15, 0.2) is 0 Å². The molecule has 1 aromatic rings. The van der Waals surface area contributed by atoms with Crippen molar-refractivity contribution in [3.05, 3.63) is 18.2 Å². The van der Waals surface area contributed by atoms with Crippen LogP contribution in [0.15, 0.2) is 12.5 Å². The summed E-state index contributed by atoms with van der Waals surface area (Å²) in [7, 11) is 0. The number of carbonyl (C=O) groups is 4. The fourth-order valence-corrected chi connectivity index (χ4v) is 3.40. The second-order valence-corrected chi connectivity index (χ2v) is 9.44. The molecule has 0 saturated carbocycles. The average molecular weight is 493 g/mol. The molecular weight excluding hydrogens is 454 g/mol. The number of nitrogens with two attached hydrogens (primary N) is 2. The van der Waals surface area contributed by atoms with Crippen LogP contribution in [0.1, 0.15) is 59.1 Å². The number of amides is 4. The van der Waals surface area contributed by atoms with E-state index in [0.29, 0.717) is 18.5 Å². The smallest absolute Gasteiger partial charge is 0.243 e. The summed E-state index contributed by atoms with van der Waals surface area (Å²) in [5.74, 6) is -2.15. The zero-order chi connectivity index (χ0) is 26.5. The molecule has 12 nitrogen and oxygen atoms in total. The van der Waals surface area contributed by atoms with Crippen molar-refractivity contribution in [2.75, 3.05) is 0 Å². The van der Waals surface area contributed by atoms with E-state index in [-0.39, 0.29) is 31.1 Å².